The second kappa shape index (κ2) is 5.08. The Kier molecular flexibility index (Phi) is 3.52. The van der Waals surface area contributed by atoms with Gasteiger partial charge in [0.05, 0.1) is 6.04 Å². The van der Waals surface area contributed by atoms with E-state index in [9.17, 15) is 4.79 Å². The van der Waals surface area contributed by atoms with Gasteiger partial charge >= 0.3 is 6.09 Å². The van der Waals surface area contributed by atoms with Crippen molar-refractivity contribution in [2.24, 2.45) is 0 Å². The molecule has 0 radical (unpaired) electrons. The number of carboxylic acid groups (broad SMARTS) is 1. The van der Waals surface area contributed by atoms with Gasteiger partial charge in [-0.05, 0) is 31.9 Å². The molecule has 1 aliphatic rings. The first-order valence-electron chi connectivity index (χ1n) is 5.86. The second-order valence-electron chi connectivity index (χ2n) is 4.40. The van der Waals surface area contributed by atoms with Crippen molar-refractivity contribution in [2.45, 2.75) is 25.8 Å². The molecule has 2 rings (SSSR count). The Morgan fingerprint density at radius 2 is 2.18 bits per heavy atom. The number of likely N-dealkylation sites (tertiary alicyclic amines) is 1. The first-order valence-corrected chi connectivity index (χ1v) is 5.86. The number of hydrogen-bond donors (Lipinski definition) is 1. The van der Waals surface area contributed by atoms with Crippen LogP contribution in [0.5, 0.6) is 5.75 Å². The monoisotopic (exact) mass is 235 g/mol. The van der Waals surface area contributed by atoms with Crippen LogP contribution < -0.4 is 4.74 Å². The quantitative estimate of drug-likeness (QED) is 0.875. The van der Waals surface area contributed by atoms with E-state index in [1.54, 1.807) is 0 Å². The Labute approximate surface area is 101 Å². The highest BCUT2D eigenvalue weighted by Crippen LogP contribution is 2.19. The molecule has 0 aromatic heterocycles. The van der Waals surface area contributed by atoms with Crippen LogP contribution >= 0.6 is 0 Å². The highest BCUT2D eigenvalue weighted by molar-refractivity contribution is 5.65. The van der Waals surface area contributed by atoms with Gasteiger partial charge in [-0.15, -0.1) is 0 Å². The number of benzene rings is 1. The van der Waals surface area contributed by atoms with Crippen molar-refractivity contribution in [2.75, 3.05) is 13.2 Å². The summed E-state index contributed by atoms with van der Waals surface area (Å²) in [7, 11) is 0. The van der Waals surface area contributed by atoms with Crippen LogP contribution in [0.2, 0.25) is 0 Å². The van der Waals surface area contributed by atoms with E-state index in [1.165, 1.54) is 10.5 Å². The molecule has 1 N–H and O–H groups in total. The summed E-state index contributed by atoms with van der Waals surface area (Å²) in [6.07, 6.45) is 0.965. The SMILES string of the molecule is Cc1ccc(OC[C@@H]2CCCN2C(=O)O)cc1. The lowest BCUT2D eigenvalue weighted by Crippen LogP contribution is -2.37. The largest absolute Gasteiger partial charge is 0.491 e. The summed E-state index contributed by atoms with van der Waals surface area (Å²) in [5, 5.41) is 8.99. The van der Waals surface area contributed by atoms with Crippen LogP contribution in [0.1, 0.15) is 18.4 Å². The van der Waals surface area contributed by atoms with Gasteiger partial charge in [-0.25, -0.2) is 4.79 Å². The molecule has 1 saturated heterocycles. The second-order valence-corrected chi connectivity index (χ2v) is 4.40. The maximum Gasteiger partial charge on any atom is 0.407 e. The van der Waals surface area contributed by atoms with Crippen molar-refractivity contribution in [3.8, 4) is 5.75 Å². The summed E-state index contributed by atoms with van der Waals surface area (Å²) < 4.78 is 5.62. The van der Waals surface area contributed by atoms with Crippen molar-refractivity contribution in [1.82, 2.24) is 4.90 Å². The average Bonchev–Trinajstić information content (AvgIpc) is 2.76. The van der Waals surface area contributed by atoms with Crippen molar-refractivity contribution in [1.29, 1.82) is 0 Å². The van der Waals surface area contributed by atoms with Crippen molar-refractivity contribution in [3.05, 3.63) is 29.8 Å². The Morgan fingerprint density at radius 3 is 2.82 bits per heavy atom. The summed E-state index contributed by atoms with van der Waals surface area (Å²) in [5.74, 6) is 0.799. The van der Waals surface area contributed by atoms with Crippen LogP contribution in [0.15, 0.2) is 24.3 Å². The minimum atomic E-state index is -0.847. The molecule has 1 atom stereocenters. The van der Waals surface area contributed by atoms with Crippen molar-refractivity contribution < 1.29 is 14.6 Å². The number of amides is 1. The van der Waals surface area contributed by atoms with Crippen LogP contribution in [0.4, 0.5) is 4.79 Å². The van der Waals surface area contributed by atoms with E-state index in [4.69, 9.17) is 9.84 Å². The average molecular weight is 235 g/mol. The molecule has 0 unspecified atom stereocenters. The molecule has 92 valence electrons. The van der Waals surface area contributed by atoms with Crippen molar-refractivity contribution >= 4 is 6.09 Å². The highest BCUT2D eigenvalue weighted by Gasteiger charge is 2.28. The fraction of sp³-hybridized carbons (Fsp3) is 0.462. The number of ether oxygens (including phenoxy) is 1. The number of aryl methyl sites for hydroxylation is 1. The van der Waals surface area contributed by atoms with Gasteiger partial charge in [-0.3, -0.25) is 0 Å². The third-order valence-corrected chi connectivity index (χ3v) is 3.09. The van der Waals surface area contributed by atoms with Gasteiger partial charge < -0.3 is 14.7 Å². The van der Waals surface area contributed by atoms with E-state index in [0.717, 1.165) is 18.6 Å². The zero-order chi connectivity index (χ0) is 12.3. The zero-order valence-electron chi connectivity index (χ0n) is 9.93. The van der Waals surface area contributed by atoms with E-state index in [0.29, 0.717) is 13.2 Å². The van der Waals surface area contributed by atoms with E-state index in [2.05, 4.69) is 0 Å². The highest BCUT2D eigenvalue weighted by atomic mass is 16.5. The first-order chi connectivity index (χ1) is 8.16. The van der Waals surface area contributed by atoms with Gasteiger partial charge in [0.25, 0.3) is 0 Å². The topological polar surface area (TPSA) is 49.8 Å². The number of rotatable bonds is 3. The number of carbonyl (C=O) groups is 1. The fourth-order valence-corrected chi connectivity index (χ4v) is 2.09. The van der Waals surface area contributed by atoms with E-state index in [-0.39, 0.29) is 6.04 Å². The van der Waals surface area contributed by atoms with Crippen LogP contribution in [-0.4, -0.2) is 35.3 Å². The third kappa shape index (κ3) is 2.90. The minimum absolute atomic E-state index is 0.00574. The fourth-order valence-electron chi connectivity index (χ4n) is 2.09. The molecule has 1 aliphatic heterocycles. The molecule has 0 bridgehead atoms. The Balaban J connectivity index is 1.89. The van der Waals surface area contributed by atoms with Gasteiger partial charge in [0.15, 0.2) is 0 Å². The van der Waals surface area contributed by atoms with Gasteiger partial charge in [0.1, 0.15) is 12.4 Å². The van der Waals surface area contributed by atoms with Crippen LogP contribution in [0, 0.1) is 6.92 Å². The molecule has 1 amide bonds. The Bertz CT molecular complexity index is 388. The summed E-state index contributed by atoms with van der Waals surface area (Å²) in [6, 6.07) is 7.79. The molecule has 1 aromatic rings. The molecule has 0 spiro atoms. The number of nitrogens with zero attached hydrogens (tertiary/aromatic N) is 1. The van der Waals surface area contributed by atoms with Crippen molar-refractivity contribution in [3.63, 3.8) is 0 Å². The number of hydrogen-bond acceptors (Lipinski definition) is 2. The molecule has 17 heavy (non-hydrogen) atoms. The van der Waals surface area contributed by atoms with Crippen LogP contribution in [0.25, 0.3) is 0 Å². The molecular formula is C13H17NO3. The van der Waals surface area contributed by atoms with E-state index in [1.807, 2.05) is 31.2 Å². The normalized spacial score (nSPS) is 19.4. The van der Waals surface area contributed by atoms with Crippen LogP contribution in [0.3, 0.4) is 0 Å². The minimum Gasteiger partial charge on any atom is -0.491 e. The lowest BCUT2D eigenvalue weighted by molar-refractivity contribution is 0.123. The third-order valence-electron chi connectivity index (χ3n) is 3.09. The molecule has 1 fully saturated rings. The lowest BCUT2D eigenvalue weighted by atomic mass is 10.2. The first kappa shape index (κ1) is 11.8. The molecule has 0 aliphatic carbocycles. The maximum atomic E-state index is 10.9. The van der Waals surface area contributed by atoms with Gasteiger partial charge in [0, 0.05) is 6.54 Å². The molecular weight excluding hydrogens is 218 g/mol. The van der Waals surface area contributed by atoms with E-state index >= 15 is 0 Å². The Morgan fingerprint density at radius 1 is 1.47 bits per heavy atom. The predicted octanol–water partition coefficient (Wildman–Crippen LogP) is 2.52. The van der Waals surface area contributed by atoms with Gasteiger partial charge in [0.2, 0.25) is 0 Å². The standard InChI is InChI=1S/C13H17NO3/c1-10-4-6-12(7-5-10)17-9-11-3-2-8-14(11)13(15)16/h4-7,11H,2-3,8-9H2,1H3,(H,15,16)/t11-/m0/s1. The summed E-state index contributed by atoms with van der Waals surface area (Å²) in [5.41, 5.74) is 1.19. The molecule has 1 aromatic carbocycles. The molecule has 4 nitrogen and oxygen atoms in total. The molecule has 1 heterocycles. The maximum absolute atomic E-state index is 10.9. The summed E-state index contributed by atoms with van der Waals surface area (Å²) in [6.45, 7) is 3.08. The molecule has 4 heteroatoms. The summed E-state index contributed by atoms with van der Waals surface area (Å²) >= 11 is 0. The zero-order valence-corrected chi connectivity index (χ0v) is 9.93. The molecule has 0 saturated carbocycles. The van der Waals surface area contributed by atoms with E-state index < -0.39 is 6.09 Å². The van der Waals surface area contributed by atoms with Gasteiger partial charge in [-0.2, -0.15) is 0 Å². The Hall–Kier alpha value is -1.71. The van der Waals surface area contributed by atoms with Gasteiger partial charge in [-0.1, -0.05) is 17.7 Å². The van der Waals surface area contributed by atoms with Crippen LogP contribution in [-0.2, 0) is 0 Å². The smallest absolute Gasteiger partial charge is 0.407 e. The lowest BCUT2D eigenvalue weighted by Gasteiger charge is -2.21. The predicted molar refractivity (Wildman–Crippen MR) is 64.4 cm³/mol. The summed E-state index contributed by atoms with van der Waals surface area (Å²) in [4.78, 5) is 12.4.